The van der Waals surface area contributed by atoms with Crippen LogP contribution >= 0.6 is 0 Å². The summed E-state index contributed by atoms with van der Waals surface area (Å²) in [6.07, 6.45) is 0. The fourth-order valence-electron chi connectivity index (χ4n) is 1.68. The Morgan fingerprint density at radius 2 is 1.83 bits per heavy atom. The number of nitrogens with two attached hydrogens (primary N) is 1. The number of nitrogen functional groups attached to an aromatic ring is 1. The van der Waals surface area contributed by atoms with Crippen molar-refractivity contribution in [3.05, 3.63) is 54.1 Å². The molecule has 2 aromatic rings. The molecule has 0 saturated carbocycles. The molecular formula is C15H17NO2. The molecule has 0 amide bonds. The predicted octanol–water partition coefficient (Wildman–Crippen LogP) is 3.25. The van der Waals surface area contributed by atoms with Crippen LogP contribution < -0.4 is 15.2 Å². The third-order valence-electron chi connectivity index (χ3n) is 2.52. The Labute approximate surface area is 107 Å². The Bertz CT molecular complexity index is 511. The zero-order chi connectivity index (χ0) is 12.8. The maximum Gasteiger partial charge on any atom is 0.125 e. The molecule has 2 rings (SSSR count). The summed E-state index contributed by atoms with van der Waals surface area (Å²) >= 11 is 0. The van der Waals surface area contributed by atoms with Gasteiger partial charge in [-0.2, -0.15) is 0 Å². The van der Waals surface area contributed by atoms with E-state index in [0.29, 0.717) is 18.9 Å². The summed E-state index contributed by atoms with van der Waals surface area (Å²) in [4.78, 5) is 0. The van der Waals surface area contributed by atoms with Gasteiger partial charge in [0.15, 0.2) is 0 Å². The van der Waals surface area contributed by atoms with Gasteiger partial charge in [0, 0.05) is 17.3 Å². The zero-order valence-corrected chi connectivity index (χ0v) is 10.4. The van der Waals surface area contributed by atoms with E-state index in [1.54, 1.807) is 0 Å². The number of hydrogen-bond acceptors (Lipinski definition) is 3. The fraction of sp³-hybridized carbons (Fsp3) is 0.200. The van der Waals surface area contributed by atoms with Crippen LogP contribution in [0.4, 0.5) is 5.69 Å². The average molecular weight is 243 g/mol. The lowest BCUT2D eigenvalue weighted by atomic mass is 10.2. The Kier molecular flexibility index (Phi) is 4.07. The Balaban J connectivity index is 2.06. The number of ether oxygens (including phenoxy) is 2. The first-order valence-corrected chi connectivity index (χ1v) is 5.98. The highest BCUT2D eigenvalue weighted by Crippen LogP contribution is 2.21. The second-order valence-corrected chi connectivity index (χ2v) is 3.90. The number of rotatable bonds is 5. The smallest absolute Gasteiger partial charge is 0.125 e. The zero-order valence-electron chi connectivity index (χ0n) is 10.4. The second kappa shape index (κ2) is 5.96. The Morgan fingerprint density at radius 3 is 2.61 bits per heavy atom. The van der Waals surface area contributed by atoms with Crippen LogP contribution in [0.15, 0.2) is 48.5 Å². The molecule has 0 aliphatic rings. The van der Waals surface area contributed by atoms with Gasteiger partial charge in [-0.3, -0.25) is 0 Å². The van der Waals surface area contributed by atoms with E-state index >= 15 is 0 Å². The number of para-hydroxylation sites is 1. The number of hydrogen-bond donors (Lipinski definition) is 1. The highest BCUT2D eigenvalue weighted by molar-refractivity contribution is 5.43. The first-order chi connectivity index (χ1) is 8.79. The van der Waals surface area contributed by atoms with Gasteiger partial charge < -0.3 is 15.2 Å². The molecular weight excluding hydrogens is 226 g/mol. The summed E-state index contributed by atoms with van der Waals surface area (Å²) < 4.78 is 11.2. The van der Waals surface area contributed by atoms with Crippen molar-refractivity contribution >= 4 is 5.69 Å². The average Bonchev–Trinajstić information content (AvgIpc) is 2.38. The van der Waals surface area contributed by atoms with Crippen molar-refractivity contribution in [3.8, 4) is 11.5 Å². The summed E-state index contributed by atoms with van der Waals surface area (Å²) in [5.41, 5.74) is 7.43. The molecule has 18 heavy (non-hydrogen) atoms. The molecule has 0 radical (unpaired) electrons. The summed E-state index contributed by atoms with van der Waals surface area (Å²) in [5, 5.41) is 0. The first kappa shape index (κ1) is 12.3. The van der Waals surface area contributed by atoms with Gasteiger partial charge in [-0.05, 0) is 25.1 Å². The molecule has 0 atom stereocenters. The lowest BCUT2D eigenvalue weighted by Crippen LogP contribution is -2.01. The van der Waals surface area contributed by atoms with E-state index < -0.39 is 0 Å². The van der Waals surface area contributed by atoms with Crippen LogP contribution in [0.5, 0.6) is 11.5 Å². The molecule has 3 heteroatoms. The minimum atomic E-state index is 0.472. The van der Waals surface area contributed by atoms with Crippen molar-refractivity contribution in [2.75, 3.05) is 12.3 Å². The lowest BCUT2D eigenvalue weighted by molar-refractivity contribution is 0.286. The quantitative estimate of drug-likeness (QED) is 0.820. The maximum absolute atomic E-state index is 5.70. The minimum absolute atomic E-state index is 0.472. The van der Waals surface area contributed by atoms with Gasteiger partial charge in [0.05, 0.1) is 6.61 Å². The summed E-state index contributed by atoms with van der Waals surface area (Å²) in [7, 11) is 0. The fourth-order valence-corrected chi connectivity index (χ4v) is 1.68. The van der Waals surface area contributed by atoms with Crippen LogP contribution in [0.3, 0.4) is 0 Å². The molecule has 0 heterocycles. The molecule has 0 fully saturated rings. The van der Waals surface area contributed by atoms with Crippen LogP contribution in [0.1, 0.15) is 12.5 Å². The highest BCUT2D eigenvalue weighted by Gasteiger charge is 2.03. The van der Waals surface area contributed by atoms with E-state index in [0.717, 1.165) is 17.1 Å². The van der Waals surface area contributed by atoms with E-state index in [-0.39, 0.29) is 0 Å². The van der Waals surface area contributed by atoms with E-state index in [9.17, 15) is 0 Å². The van der Waals surface area contributed by atoms with Crippen molar-refractivity contribution in [1.82, 2.24) is 0 Å². The molecule has 0 unspecified atom stereocenters. The summed E-state index contributed by atoms with van der Waals surface area (Å²) in [6, 6.07) is 15.3. The highest BCUT2D eigenvalue weighted by atomic mass is 16.5. The minimum Gasteiger partial charge on any atom is -0.493 e. The monoisotopic (exact) mass is 243 g/mol. The van der Waals surface area contributed by atoms with Crippen molar-refractivity contribution in [3.63, 3.8) is 0 Å². The number of anilines is 1. The molecule has 0 aliphatic carbocycles. The molecule has 0 bridgehead atoms. The van der Waals surface area contributed by atoms with Crippen molar-refractivity contribution in [2.24, 2.45) is 0 Å². The summed E-state index contributed by atoms with van der Waals surface area (Å²) in [6.45, 7) is 3.09. The van der Waals surface area contributed by atoms with Gasteiger partial charge in [-0.25, -0.2) is 0 Å². The van der Waals surface area contributed by atoms with E-state index in [2.05, 4.69) is 0 Å². The molecule has 3 nitrogen and oxygen atoms in total. The molecule has 0 aromatic heterocycles. The molecule has 0 saturated heterocycles. The van der Waals surface area contributed by atoms with Crippen LogP contribution in [0.2, 0.25) is 0 Å². The van der Waals surface area contributed by atoms with Gasteiger partial charge in [0.25, 0.3) is 0 Å². The van der Waals surface area contributed by atoms with Gasteiger partial charge in [0.1, 0.15) is 18.1 Å². The topological polar surface area (TPSA) is 44.5 Å². The molecule has 0 aliphatic heterocycles. The summed E-state index contributed by atoms with van der Waals surface area (Å²) in [5.74, 6) is 1.63. The van der Waals surface area contributed by atoms with E-state index in [1.807, 2.05) is 55.5 Å². The van der Waals surface area contributed by atoms with Crippen LogP contribution in [-0.2, 0) is 6.61 Å². The molecule has 0 spiro atoms. The maximum atomic E-state index is 5.70. The standard InChI is InChI=1S/C15H17NO2/c1-2-17-15-9-4-3-6-12(15)11-18-14-8-5-7-13(16)10-14/h3-10H,2,11,16H2,1H3. The van der Waals surface area contributed by atoms with Crippen LogP contribution in [-0.4, -0.2) is 6.61 Å². The Morgan fingerprint density at radius 1 is 1.00 bits per heavy atom. The molecule has 94 valence electrons. The van der Waals surface area contributed by atoms with Crippen molar-refractivity contribution in [1.29, 1.82) is 0 Å². The van der Waals surface area contributed by atoms with Gasteiger partial charge in [-0.15, -0.1) is 0 Å². The van der Waals surface area contributed by atoms with Crippen molar-refractivity contribution in [2.45, 2.75) is 13.5 Å². The van der Waals surface area contributed by atoms with Crippen molar-refractivity contribution < 1.29 is 9.47 Å². The van der Waals surface area contributed by atoms with E-state index in [4.69, 9.17) is 15.2 Å². The van der Waals surface area contributed by atoms with Crippen LogP contribution in [0, 0.1) is 0 Å². The van der Waals surface area contributed by atoms with Crippen LogP contribution in [0.25, 0.3) is 0 Å². The third kappa shape index (κ3) is 3.17. The molecule has 2 aromatic carbocycles. The second-order valence-electron chi connectivity index (χ2n) is 3.90. The lowest BCUT2D eigenvalue weighted by Gasteiger charge is -2.11. The van der Waals surface area contributed by atoms with Gasteiger partial charge in [-0.1, -0.05) is 24.3 Å². The number of benzene rings is 2. The normalized spacial score (nSPS) is 10.1. The first-order valence-electron chi connectivity index (χ1n) is 5.98. The van der Waals surface area contributed by atoms with E-state index in [1.165, 1.54) is 0 Å². The predicted molar refractivity (Wildman–Crippen MR) is 72.8 cm³/mol. The molecule has 2 N–H and O–H groups in total. The largest absolute Gasteiger partial charge is 0.493 e. The van der Waals surface area contributed by atoms with Gasteiger partial charge in [0.2, 0.25) is 0 Å². The SMILES string of the molecule is CCOc1ccccc1COc1cccc(N)c1. The van der Waals surface area contributed by atoms with Gasteiger partial charge >= 0.3 is 0 Å². The Hall–Kier alpha value is -2.16. The third-order valence-corrected chi connectivity index (χ3v) is 2.52.